The molecular weight excluding hydrogens is 249 g/mol. The predicted molar refractivity (Wildman–Crippen MR) is 48.6 cm³/mol. The molecule has 0 aromatic rings. The number of hydrogen-bond donors (Lipinski definition) is 0. The van der Waals surface area contributed by atoms with Gasteiger partial charge in [-0.2, -0.15) is 0 Å². The summed E-state index contributed by atoms with van der Waals surface area (Å²) in [5.74, 6) is 0. The van der Waals surface area contributed by atoms with Crippen molar-refractivity contribution in [2.24, 2.45) is 0 Å². The van der Waals surface area contributed by atoms with E-state index in [4.69, 9.17) is 4.74 Å². The Morgan fingerprint density at radius 2 is 2.44 bits per heavy atom. The molecule has 2 nitrogen and oxygen atoms in total. The molecule has 0 N–H and O–H groups in total. The first kappa shape index (κ1) is 8.10. The van der Waals surface area contributed by atoms with Gasteiger partial charge < -0.3 is 4.74 Å². The van der Waals surface area contributed by atoms with E-state index in [1.165, 1.54) is 0 Å². The molecule has 1 aliphatic heterocycles. The quantitative estimate of drug-likeness (QED) is 0.565. The average molecular weight is 259 g/mol. The molecule has 0 aliphatic carbocycles. The summed E-state index contributed by atoms with van der Waals surface area (Å²) in [6.07, 6.45) is 0.511. The summed E-state index contributed by atoms with van der Waals surface area (Å²) in [4.78, 5) is 0. The van der Waals surface area contributed by atoms with Gasteiger partial charge in [0.25, 0.3) is 0 Å². The third-order valence-electron chi connectivity index (χ3n) is 1.31. The zero-order valence-electron chi connectivity index (χ0n) is 5.34. The second kappa shape index (κ2) is 4.00. The zero-order valence-corrected chi connectivity index (χ0v) is 8.31. The molecular formula is C5H10INOS. The van der Waals surface area contributed by atoms with E-state index in [0.717, 1.165) is 19.7 Å². The standard InChI is InChI=1S/C5H10INOS/c1-2-8-5-3-7(4-5)9-6/h5H,2-4H2,1H3. The molecule has 1 rings (SSSR count). The second-order valence-corrected chi connectivity index (χ2v) is 3.83. The van der Waals surface area contributed by atoms with Crippen LogP contribution in [0.2, 0.25) is 0 Å². The minimum Gasteiger partial charge on any atom is -0.376 e. The zero-order chi connectivity index (χ0) is 6.69. The molecule has 4 heteroatoms. The van der Waals surface area contributed by atoms with Crippen molar-refractivity contribution in [2.75, 3.05) is 19.7 Å². The van der Waals surface area contributed by atoms with E-state index in [1.54, 1.807) is 9.12 Å². The average Bonchev–Trinajstić information content (AvgIpc) is 1.77. The largest absolute Gasteiger partial charge is 0.376 e. The lowest BCUT2D eigenvalue weighted by atomic mass is 10.2. The summed E-state index contributed by atoms with van der Waals surface area (Å²) in [5, 5.41) is 0. The summed E-state index contributed by atoms with van der Waals surface area (Å²) < 4.78 is 7.63. The van der Waals surface area contributed by atoms with Crippen LogP contribution in [0.1, 0.15) is 6.92 Å². The monoisotopic (exact) mass is 259 g/mol. The Bertz CT molecular complexity index is 87.0. The Hall–Kier alpha value is 1.00. The van der Waals surface area contributed by atoms with Crippen molar-refractivity contribution in [1.29, 1.82) is 0 Å². The molecule has 0 bridgehead atoms. The first-order chi connectivity index (χ1) is 4.36. The van der Waals surface area contributed by atoms with Crippen molar-refractivity contribution in [2.45, 2.75) is 13.0 Å². The van der Waals surface area contributed by atoms with E-state index in [0.29, 0.717) is 6.10 Å². The van der Waals surface area contributed by atoms with Gasteiger partial charge in [-0.05, 0) is 16.0 Å². The number of halogens is 1. The molecule has 0 amide bonds. The third kappa shape index (κ3) is 2.25. The Balaban J connectivity index is 1.98. The van der Waals surface area contributed by atoms with Crippen LogP contribution in [0.4, 0.5) is 0 Å². The molecule has 0 saturated carbocycles. The number of hydrogen-bond acceptors (Lipinski definition) is 3. The van der Waals surface area contributed by atoms with Gasteiger partial charge in [0.2, 0.25) is 0 Å². The maximum absolute atomic E-state index is 5.35. The van der Waals surface area contributed by atoms with Crippen molar-refractivity contribution in [3.05, 3.63) is 0 Å². The summed E-state index contributed by atoms with van der Waals surface area (Å²) in [6, 6.07) is 0. The van der Waals surface area contributed by atoms with Crippen LogP contribution in [0.15, 0.2) is 0 Å². The molecule has 0 unspecified atom stereocenters. The Labute approximate surface area is 72.0 Å². The fourth-order valence-electron chi connectivity index (χ4n) is 0.798. The highest BCUT2D eigenvalue weighted by molar-refractivity contribution is 14.2. The highest BCUT2D eigenvalue weighted by Gasteiger charge is 2.26. The van der Waals surface area contributed by atoms with Crippen LogP contribution in [0.25, 0.3) is 0 Å². The third-order valence-corrected chi connectivity index (χ3v) is 3.48. The smallest absolute Gasteiger partial charge is 0.0847 e. The fourth-order valence-corrected chi connectivity index (χ4v) is 2.21. The lowest BCUT2D eigenvalue weighted by Crippen LogP contribution is -2.47. The van der Waals surface area contributed by atoms with Gasteiger partial charge in [0.05, 0.1) is 6.10 Å². The Kier molecular flexibility index (Phi) is 3.60. The van der Waals surface area contributed by atoms with E-state index in [1.807, 2.05) is 6.92 Å². The van der Waals surface area contributed by atoms with Crippen molar-refractivity contribution >= 4 is 30.3 Å². The highest BCUT2D eigenvalue weighted by atomic mass is 127. The van der Waals surface area contributed by atoms with Crippen LogP contribution in [-0.4, -0.2) is 30.1 Å². The van der Waals surface area contributed by atoms with E-state index in [-0.39, 0.29) is 0 Å². The van der Waals surface area contributed by atoms with Gasteiger partial charge in [-0.15, -0.1) is 0 Å². The number of rotatable bonds is 3. The molecule has 0 aromatic carbocycles. The van der Waals surface area contributed by atoms with Crippen LogP contribution in [0.3, 0.4) is 0 Å². The Morgan fingerprint density at radius 1 is 1.78 bits per heavy atom. The van der Waals surface area contributed by atoms with Gasteiger partial charge in [-0.25, -0.2) is 4.31 Å². The van der Waals surface area contributed by atoms with E-state index in [9.17, 15) is 0 Å². The first-order valence-corrected chi connectivity index (χ1v) is 6.33. The maximum Gasteiger partial charge on any atom is 0.0847 e. The molecule has 54 valence electrons. The fraction of sp³-hybridized carbons (Fsp3) is 1.00. The van der Waals surface area contributed by atoms with E-state index >= 15 is 0 Å². The lowest BCUT2D eigenvalue weighted by Gasteiger charge is -2.35. The lowest BCUT2D eigenvalue weighted by molar-refractivity contribution is -0.00868. The van der Waals surface area contributed by atoms with Crippen LogP contribution >= 0.6 is 30.3 Å². The van der Waals surface area contributed by atoms with Crippen molar-refractivity contribution in [3.8, 4) is 0 Å². The first-order valence-electron chi connectivity index (χ1n) is 3.02. The number of nitrogens with zero attached hydrogens (tertiary/aromatic N) is 1. The SMILES string of the molecule is CCOC1CN(SI)C1. The van der Waals surface area contributed by atoms with Crippen LogP contribution < -0.4 is 0 Å². The van der Waals surface area contributed by atoms with Gasteiger partial charge in [0, 0.05) is 40.9 Å². The molecule has 0 radical (unpaired) electrons. The van der Waals surface area contributed by atoms with Crippen LogP contribution in [-0.2, 0) is 4.74 Å². The van der Waals surface area contributed by atoms with E-state index in [2.05, 4.69) is 25.5 Å². The maximum atomic E-state index is 5.35. The normalized spacial score (nSPS) is 22.0. The van der Waals surface area contributed by atoms with Crippen LogP contribution in [0.5, 0.6) is 0 Å². The topological polar surface area (TPSA) is 12.5 Å². The van der Waals surface area contributed by atoms with Gasteiger partial charge in [-0.1, -0.05) is 0 Å². The van der Waals surface area contributed by atoms with Gasteiger partial charge in [-0.3, -0.25) is 0 Å². The van der Waals surface area contributed by atoms with Crippen LogP contribution in [0, 0.1) is 0 Å². The minimum atomic E-state index is 0.511. The summed E-state index contributed by atoms with van der Waals surface area (Å²) in [5.41, 5.74) is 0. The Morgan fingerprint density at radius 3 is 2.89 bits per heavy atom. The highest BCUT2D eigenvalue weighted by Crippen LogP contribution is 2.26. The van der Waals surface area contributed by atoms with Crippen molar-refractivity contribution in [1.82, 2.24) is 4.31 Å². The van der Waals surface area contributed by atoms with Crippen molar-refractivity contribution < 1.29 is 4.74 Å². The summed E-state index contributed by atoms with van der Waals surface area (Å²) in [6.45, 7) is 5.09. The van der Waals surface area contributed by atoms with Gasteiger partial charge >= 0.3 is 0 Å². The molecule has 1 heterocycles. The number of ether oxygens (including phenoxy) is 1. The van der Waals surface area contributed by atoms with Gasteiger partial charge in [0.1, 0.15) is 0 Å². The molecule has 1 saturated heterocycles. The molecule has 0 atom stereocenters. The van der Waals surface area contributed by atoms with Crippen molar-refractivity contribution in [3.63, 3.8) is 0 Å². The minimum absolute atomic E-state index is 0.511. The second-order valence-electron chi connectivity index (χ2n) is 1.99. The molecule has 9 heavy (non-hydrogen) atoms. The van der Waals surface area contributed by atoms with Gasteiger partial charge in [0.15, 0.2) is 0 Å². The van der Waals surface area contributed by atoms with E-state index < -0.39 is 0 Å². The molecule has 1 aliphatic rings. The molecule has 0 aromatic heterocycles. The molecule has 0 spiro atoms. The summed E-state index contributed by atoms with van der Waals surface area (Å²) in [7, 11) is 1.76. The molecule has 1 fully saturated rings. The predicted octanol–water partition coefficient (Wildman–Crippen LogP) is 1.71. The summed E-state index contributed by atoms with van der Waals surface area (Å²) >= 11 is 2.29.